The minimum Gasteiger partial charge on any atom is -0.394 e. The van der Waals surface area contributed by atoms with Gasteiger partial charge >= 0.3 is 0 Å². The average molecular weight is 212 g/mol. The summed E-state index contributed by atoms with van der Waals surface area (Å²) in [5, 5.41) is 12.5. The van der Waals surface area contributed by atoms with E-state index in [1.807, 2.05) is 7.05 Å². The number of aliphatic hydroxyl groups is 1. The van der Waals surface area contributed by atoms with Gasteiger partial charge in [0.15, 0.2) is 0 Å². The summed E-state index contributed by atoms with van der Waals surface area (Å²) in [5.74, 6) is 0.977. The Labute approximate surface area is 92.8 Å². The van der Waals surface area contributed by atoms with Crippen LogP contribution in [-0.2, 0) is 0 Å². The fraction of sp³-hybridized carbons (Fsp3) is 1.00. The lowest BCUT2D eigenvalue weighted by atomic mass is 9.98. The molecule has 0 aromatic carbocycles. The minimum atomic E-state index is -0.0954. The molecule has 2 bridgehead atoms. The van der Waals surface area contributed by atoms with E-state index in [0.717, 1.165) is 24.9 Å². The molecule has 1 aliphatic carbocycles. The zero-order chi connectivity index (χ0) is 10.9. The molecule has 3 nitrogen and oxygen atoms in total. The molecule has 0 radical (unpaired) electrons. The van der Waals surface area contributed by atoms with Crippen molar-refractivity contribution in [2.24, 2.45) is 5.92 Å². The maximum Gasteiger partial charge on any atom is 0.0610 e. The lowest BCUT2D eigenvalue weighted by Crippen LogP contribution is -2.47. The molecule has 2 rings (SSSR count). The fourth-order valence-electron chi connectivity index (χ4n) is 2.97. The van der Waals surface area contributed by atoms with E-state index < -0.39 is 0 Å². The van der Waals surface area contributed by atoms with E-state index >= 15 is 0 Å². The second kappa shape index (κ2) is 4.40. The molecule has 1 saturated heterocycles. The molecule has 3 heteroatoms. The zero-order valence-corrected chi connectivity index (χ0v) is 10.00. The zero-order valence-electron chi connectivity index (χ0n) is 10.00. The van der Waals surface area contributed by atoms with E-state index in [-0.39, 0.29) is 12.1 Å². The van der Waals surface area contributed by atoms with Crippen LogP contribution in [0.2, 0.25) is 0 Å². The molecule has 2 fully saturated rings. The van der Waals surface area contributed by atoms with Crippen molar-refractivity contribution in [2.75, 3.05) is 26.7 Å². The summed E-state index contributed by atoms with van der Waals surface area (Å²) in [5.41, 5.74) is -0.0954. The van der Waals surface area contributed by atoms with Gasteiger partial charge in [0, 0.05) is 24.7 Å². The van der Waals surface area contributed by atoms with Gasteiger partial charge in [0.2, 0.25) is 0 Å². The van der Waals surface area contributed by atoms with Crippen LogP contribution < -0.4 is 5.32 Å². The number of nitrogens with one attached hydrogen (secondary N) is 1. The van der Waals surface area contributed by atoms with Gasteiger partial charge in [-0.05, 0) is 45.6 Å². The Hall–Kier alpha value is -0.120. The van der Waals surface area contributed by atoms with Gasteiger partial charge in [-0.25, -0.2) is 0 Å². The highest BCUT2D eigenvalue weighted by Crippen LogP contribution is 2.37. The highest BCUT2D eigenvalue weighted by molar-refractivity contribution is 4.93. The van der Waals surface area contributed by atoms with Gasteiger partial charge in [0.25, 0.3) is 0 Å². The molecule has 0 aromatic heterocycles. The Balaban J connectivity index is 1.78. The van der Waals surface area contributed by atoms with Crippen LogP contribution in [0.3, 0.4) is 0 Å². The lowest BCUT2D eigenvalue weighted by Gasteiger charge is -2.32. The van der Waals surface area contributed by atoms with Crippen LogP contribution in [0.4, 0.5) is 0 Å². The maximum atomic E-state index is 9.31. The Bertz CT molecular complexity index is 216. The smallest absolute Gasteiger partial charge is 0.0610 e. The Kier molecular flexibility index (Phi) is 3.33. The number of hydrogen-bond acceptors (Lipinski definition) is 3. The number of aliphatic hydroxyl groups excluding tert-OH is 1. The summed E-state index contributed by atoms with van der Waals surface area (Å²) >= 11 is 0. The molecule has 1 saturated carbocycles. The molecular formula is C12H24N2O. The summed E-state index contributed by atoms with van der Waals surface area (Å²) in [6.07, 6.45) is 5.32. The first kappa shape index (κ1) is 11.4. The normalized spacial score (nSPS) is 34.6. The van der Waals surface area contributed by atoms with Crippen molar-refractivity contribution < 1.29 is 5.11 Å². The molecule has 0 aromatic rings. The van der Waals surface area contributed by atoms with Gasteiger partial charge in [-0.2, -0.15) is 0 Å². The molecule has 1 aliphatic heterocycles. The number of nitrogens with zero attached hydrogens (tertiary/aromatic N) is 1. The first-order chi connectivity index (χ1) is 7.17. The van der Waals surface area contributed by atoms with Gasteiger partial charge in [0.05, 0.1) is 6.61 Å². The summed E-state index contributed by atoms with van der Waals surface area (Å²) in [6.45, 7) is 4.77. The van der Waals surface area contributed by atoms with E-state index in [2.05, 4.69) is 17.1 Å². The van der Waals surface area contributed by atoms with E-state index in [9.17, 15) is 5.11 Å². The average Bonchev–Trinajstić information content (AvgIpc) is 2.87. The highest BCUT2D eigenvalue weighted by atomic mass is 16.3. The minimum absolute atomic E-state index is 0.0954. The first-order valence-corrected chi connectivity index (χ1v) is 6.21. The molecule has 15 heavy (non-hydrogen) atoms. The van der Waals surface area contributed by atoms with Crippen molar-refractivity contribution in [2.45, 2.75) is 44.2 Å². The SMILES string of the molecule is CNC(C)(CO)CCN1CC2CCC1C2. The van der Waals surface area contributed by atoms with Crippen LogP contribution >= 0.6 is 0 Å². The second-order valence-corrected chi connectivity index (χ2v) is 5.55. The lowest BCUT2D eigenvalue weighted by molar-refractivity contribution is 0.139. The Morgan fingerprint density at radius 2 is 2.27 bits per heavy atom. The van der Waals surface area contributed by atoms with E-state index in [1.54, 1.807) is 0 Å². The van der Waals surface area contributed by atoms with Gasteiger partial charge < -0.3 is 15.3 Å². The van der Waals surface area contributed by atoms with Crippen LogP contribution in [0.15, 0.2) is 0 Å². The van der Waals surface area contributed by atoms with Crippen molar-refractivity contribution in [3.8, 4) is 0 Å². The topological polar surface area (TPSA) is 35.5 Å². The number of piperidine rings is 1. The summed E-state index contributed by atoms with van der Waals surface area (Å²) in [7, 11) is 1.94. The third-order valence-corrected chi connectivity index (χ3v) is 4.43. The van der Waals surface area contributed by atoms with Crippen molar-refractivity contribution in [3.63, 3.8) is 0 Å². The standard InChI is InChI=1S/C12H24N2O/c1-12(9-15,13-2)5-6-14-8-10-3-4-11(14)7-10/h10-11,13,15H,3-9H2,1-2H3. The third kappa shape index (κ3) is 2.35. The third-order valence-electron chi connectivity index (χ3n) is 4.43. The first-order valence-electron chi connectivity index (χ1n) is 6.21. The summed E-state index contributed by atoms with van der Waals surface area (Å²) in [4.78, 5) is 2.62. The summed E-state index contributed by atoms with van der Waals surface area (Å²) < 4.78 is 0. The van der Waals surface area contributed by atoms with E-state index in [4.69, 9.17) is 0 Å². The van der Waals surface area contributed by atoms with E-state index in [1.165, 1.54) is 25.8 Å². The van der Waals surface area contributed by atoms with E-state index in [0.29, 0.717) is 0 Å². The van der Waals surface area contributed by atoms with Crippen LogP contribution in [-0.4, -0.2) is 48.3 Å². The largest absolute Gasteiger partial charge is 0.394 e. The van der Waals surface area contributed by atoms with Gasteiger partial charge in [-0.3, -0.25) is 0 Å². The van der Waals surface area contributed by atoms with Crippen LogP contribution in [0.5, 0.6) is 0 Å². The Morgan fingerprint density at radius 3 is 2.73 bits per heavy atom. The fourth-order valence-corrected chi connectivity index (χ4v) is 2.97. The molecule has 3 unspecified atom stereocenters. The molecule has 0 amide bonds. The molecule has 2 N–H and O–H groups in total. The molecular weight excluding hydrogens is 188 g/mol. The van der Waals surface area contributed by atoms with Crippen molar-refractivity contribution in [1.82, 2.24) is 10.2 Å². The van der Waals surface area contributed by atoms with Gasteiger partial charge in [-0.15, -0.1) is 0 Å². The van der Waals surface area contributed by atoms with Crippen molar-refractivity contribution >= 4 is 0 Å². The number of hydrogen-bond donors (Lipinski definition) is 2. The molecule has 0 spiro atoms. The highest BCUT2D eigenvalue weighted by Gasteiger charge is 2.38. The number of rotatable bonds is 5. The predicted molar refractivity (Wildman–Crippen MR) is 61.9 cm³/mol. The van der Waals surface area contributed by atoms with Crippen LogP contribution in [0, 0.1) is 5.92 Å². The maximum absolute atomic E-state index is 9.31. The van der Waals surface area contributed by atoms with Gasteiger partial charge in [-0.1, -0.05) is 0 Å². The van der Waals surface area contributed by atoms with Gasteiger partial charge in [0.1, 0.15) is 0 Å². The van der Waals surface area contributed by atoms with Crippen molar-refractivity contribution in [1.29, 1.82) is 0 Å². The number of likely N-dealkylation sites (tertiary alicyclic amines) is 1. The number of likely N-dealkylation sites (N-methyl/N-ethyl adjacent to an activating group) is 1. The van der Waals surface area contributed by atoms with Crippen molar-refractivity contribution in [3.05, 3.63) is 0 Å². The monoisotopic (exact) mass is 212 g/mol. The molecule has 2 aliphatic rings. The number of fused-ring (bicyclic) bond motifs is 2. The van der Waals surface area contributed by atoms with Crippen LogP contribution in [0.25, 0.3) is 0 Å². The molecule has 3 atom stereocenters. The van der Waals surface area contributed by atoms with Crippen LogP contribution in [0.1, 0.15) is 32.6 Å². The quantitative estimate of drug-likeness (QED) is 0.708. The Morgan fingerprint density at radius 1 is 1.47 bits per heavy atom. The predicted octanol–water partition coefficient (Wildman–Crippen LogP) is 0.831. The second-order valence-electron chi connectivity index (χ2n) is 5.55. The molecule has 88 valence electrons. The molecule has 1 heterocycles. The summed E-state index contributed by atoms with van der Waals surface area (Å²) in [6, 6.07) is 0.856.